The Bertz CT molecular complexity index is 221. The quantitative estimate of drug-likeness (QED) is 0.580. The third-order valence-electron chi connectivity index (χ3n) is 3.32. The molecule has 17 heavy (non-hydrogen) atoms. The summed E-state index contributed by atoms with van der Waals surface area (Å²) in [5.41, 5.74) is -0.799. The van der Waals surface area contributed by atoms with Crippen molar-refractivity contribution in [2.75, 3.05) is 19.8 Å². The first-order chi connectivity index (χ1) is 8.02. The molecule has 0 heterocycles. The summed E-state index contributed by atoms with van der Waals surface area (Å²) in [6.45, 7) is 9.86. The van der Waals surface area contributed by atoms with Gasteiger partial charge in [-0.05, 0) is 25.7 Å². The molecule has 0 aliphatic heterocycles. The van der Waals surface area contributed by atoms with Crippen LogP contribution in [0.4, 0.5) is 0 Å². The highest BCUT2D eigenvalue weighted by molar-refractivity contribution is 5.78. The van der Waals surface area contributed by atoms with Crippen LogP contribution in [0.2, 0.25) is 0 Å². The lowest BCUT2D eigenvalue weighted by atomic mass is 9.84. The minimum atomic E-state index is -0.799. The molecule has 0 bridgehead atoms. The van der Waals surface area contributed by atoms with Gasteiger partial charge in [-0.15, -0.1) is 0 Å². The molecule has 4 nitrogen and oxygen atoms in total. The zero-order valence-electron chi connectivity index (χ0n) is 11.6. The first kappa shape index (κ1) is 16.4. The van der Waals surface area contributed by atoms with Crippen LogP contribution in [0.1, 0.15) is 47.0 Å². The molecular formula is C13H27NO3. The van der Waals surface area contributed by atoms with Crippen molar-refractivity contribution in [2.24, 2.45) is 5.92 Å². The molecule has 0 aliphatic carbocycles. The van der Waals surface area contributed by atoms with Gasteiger partial charge in [0.1, 0.15) is 5.54 Å². The zero-order chi connectivity index (χ0) is 13.3. The highest BCUT2D eigenvalue weighted by Gasteiger charge is 2.36. The zero-order valence-corrected chi connectivity index (χ0v) is 11.6. The largest absolute Gasteiger partial charge is 0.480 e. The van der Waals surface area contributed by atoms with Gasteiger partial charge in [0, 0.05) is 13.2 Å². The summed E-state index contributed by atoms with van der Waals surface area (Å²) >= 11 is 0. The van der Waals surface area contributed by atoms with Crippen molar-refractivity contribution >= 4 is 5.97 Å². The van der Waals surface area contributed by atoms with E-state index in [-0.39, 0.29) is 0 Å². The molecule has 0 radical (unpaired) electrons. The van der Waals surface area contributed by atoms with E-state index in [9.17, 15) is 9.90 Å². The summed E-state index contributed by atoms with van der Waals surface area (Å²) in [6, 6.07) is 0. The van der Waals surface area contributed by atoms with Gasteiger partial charge in [0.2, 0.25) is 0 Å². The fourth-order valence-electron chi connectivity index (χ4n) is 1.90. The number of aliphatic carboxylic acids is 1. The van der Waals surface area contributed by atoms with Gasteiger partial charge >= 0.3 is 5.97 Å². The molecule has 0 aromatic rings. The van der Waals surface area contributed by atoms with Gasteiger partial charge < -0.3 is 9.84 Å². The molecule has 0 saturated carbocycles. The van der Waals surface area contributed by atoms with Crippen LogP contribution in [0.5, 0.6) is 0 Å². The maximum Gasteiger partial charge on any atom is 0.323 e. The smallest absolute Gasteiger partial charge is 0.323 e. The standard InChI is InChI=1S/C13H27NO3/c1-5-11(4)10-13(6-2,12(15)16)14-8-9-17-7-3/h11,14H,5-10H2,1-4H3,(H,15,16). The van der Waals surface area contributed by atoms with E-state index in [1.54, 1.807) is 0 Å². The molecule has 0 saturated heterocycles. The van der Waals surface area contributed by atoms with E-state index in [2.05, 4.69) is 19.2 Å². The topological polar surface area (TPSA) is 58.6 Å². The van der Waals surface area contributed by atoms with Crippen LogP contribution < -0.4 is 5.32 Å². The fourth-order valence-corrected chi connectivity index (χ4v) is 1.90. The lowest BCUT2D eigenvalue weighted by Crippen LogP contribution is -2.53. The Morgan fingerprint density at radius 3 is 2.47 bits per heavy atom. The third kappa shape index (κ3) is 5.50. The summed E-state index contributed by atoms with van der Waals surface area (Å²) < 4.78 is 5.23. The van der Waals surface area contributed by atoms with E-state index in [4.69, 9.17) is 4.74 Å². The predicted molar refractivity (Wildman–Crippen MR) is 69.2 cm³/mol. The summed E-state index contributed by atoms with van der Waals surface area (Å²) in [4.78, 5) is 11.5. The molecule has 0 aromatic carbocycles. The van der Waals surface area contributed by atoms with Crippen LogP contribution in [-0.2, 0) is 9.53 Å². The van der Waals surface area contributed by atoms with E-state index < -0.39 is 11.5 Å². The molecule has 2 unspecified atom stereocenters. The Kier molecular flexibility index (Phi) is 8.17. The minimum absolute atomic E-state index is 0.408. The molecule has 102 valence electrons. The maximum atomic E-state index is 11.5. The van der Waals surface area contributed by atoms with Gasteiger partial charge in [0.15, 0.2) is 0 Å². The summed E-state index contributed by atoms with van der Waals surface area (Å²) in [5.74, 6) is -0.345. The second kappa shape index (κ2) is 8.48. The number of rotatable bonds is 10. The highest BCUT2D eigenvalue weighted by Crippen LogP contribution is 2.23. The van der Waals surface area contributed by atoms with Crippen molar-refractivity contribution in [1.29, 1.82) is 0 Å². The Balaban J connectivity index is 4.43. The number of carbonyl (C=O) groups is 1. The minimum Gasteiger partial charge on any atom is -0.480 e. The van der Waals surface area contributed by atoms with Gasteiger partial charge in [-0.3, -0.25) is 10.1 Å². The van der Waals surface area contributed by atoms with E-state index in [0.717, 1.165) is 6.42 Å². The normalized spacial score (nSPS) is 16.5. The van der Waals surface area contributed by atoms with Gasteiger partial charge in [0.25, 0.3) is 0 Å². The number of hydrogen-bond donors (Lipinski definition) is 2. The average molecular weight is 245 g/mol. The van der Waals surface area contributed by atoms with Crippen molar-refractivity contribution < 1.29 is 14.6 Å². The molecular weight excluding hydrogens is 218 g/mol. The summed E-state index contributed by atoms with van der Waals surface area (Å²) in [5, 5.41) is 12.6. The SMILES string of the molecule is CCOCCNC(CC)(CC(C)CC)C(=O)O. The van der Waals surface area contributed by atoms with E-state index in [1.165, 1.54) is 0 Å². The van der Waals surface area contributed by atoms with Crippen molar-refractivity contribution in [3.8, 4) is 0 Å². The summed E-state index contributed by atoms with van der Waals surface area (Å²) in [7, 11) is 0. The van der Waals surface area contributed by atoms with Gasteiger partial charge in [0.05, 0.1) is 6.61 Å². The predicted octanol–water partition coefficient (Wildman–Crippen LogP) is 2.28. The number of carboxylic acids is 1. The third-order valence-corrected chi connectivity index (χ3v) is 3.32. The van der Waals surface area contributed by atoms with Crippen LogP contribution in [-0.4, -0.2) is 36.4 Å². The van der Waals surface area contributed by atoms with Gasteiger partial charge in [-0.25, -0.2) is 0 Å². The monoisotopic (exact) mass is 245 g/mol. The molecule has 0 amide bonds. The molecule has 2 atom stereocenters. The van der Waals surface area contributed by atoms with E-state index in [0.29, 0.717) is 38.5 Å². The molecule has 0 aromatic heterocycles. The second-order valence-corrected chi connectivity index (χ2v) is 4.58. The van der Waals surface area contributed by atoms with Crippen LogP contribution in [0, 0.1) is 5.92 Å². The van der Waals surface area contributed by atoms with Crippen molar-refractivity contribution in [3.63, 3.8) is 0 Å². The van der Waals surface area contributed by atoms with E-state index in [1.807, 2.05) is 13.8 Å². The molecule has 2 N–H and O–H groups in total. The average Bonchev–Trinajstić information content (AvgIpc) is 2.32. The first-order valence-corrected chi connectivity index (χ1v) is 6.58. The number of nitrogens with one attached hydrogen (secondary N) is 1. The van der Waals surface area contributed by atoms with Crippen LogP contribution >= 0.6 is 0 Å². The molecule has 0 spiro atoms. The van der Waals surface area contributed by atoms with Gasteiger partial charge in [-0.1, -0.05) is 27.2 Å². The Hall–Kier alpha value is -0.610. The van der Waals surface area contributed by atoms with E-state index >= 15 is 0 Å². The Morgan fingerprint density at radius 2 is 2.06 bits per heavy atom. The highest BCUT2D eigenvalue weighted by atomic mass is 16.5. The number of ether oxygens (including phenoxy) is 1. The first-order valence-electron chi connectivity index (χ1n) is 6.58. The molecule has 0 fully saturated rings. The molecule has 4 heteroatoms. The Morgan fingerprint density at radius 1 is 1.41 bits per heavy atom. The number of carboxylic acid groups (broad SMARTS) is 1. The number of hydrogen-bond acceptors (Lipinski definition) is 3. The van der Waals surface area contributed by atoms with Crippen molar-refractivity contribution in [1.82, 2.24) is 5.32 Å². The fraction of sp³-hybridized carbons (Fsp3) is 0.923. The van der Waals surface area contributed by atoms with Crippen LogP contribution in [0.3, 0.4) is 0 Å². The van der Waals surface area contributed by atoms with Crippen LogP contribution in [0.25, 0.3) is 0 Å². The molecule has 0 aliphatic rings. The van der Waals surface area contributed by atoms with Crippen molar-refractivity contribution in [2.45, 2.75) is 52.5 Å². The lowest BCUT2D eigenvalue weighted by molar-refractivity contribution is -0.146. The van der Waals surface area contributed by atoms with Crippen molar-refractivity contribution in [3.05, 3.63) is 0 Å². The summed E-state index contributed by atoms with van der Waals surface area (Å²) in [6.07, 6.45) is 2.27. The molecule has 0 rings (SSSR count). The van der Waals surface area contributed by atoms with Crippen LogP contribution in [0.15, 0.2) is 0 Å². The maximum absolute atomic E-state index is 11.5. The Labute approximate surface area is 105 Å². The van der Waals surface area contributed by atoms with Gasteiger partial charge in [-0.2, -0.15) is 0 Å². The lowest BCUT2D eigenvalue weighted by Gasteiger charge is -2.32. The second-order valence-electron chi connectivity index (χ2n) is 4.58.